The van der Waals surface area contributed by atoms with Crippen LogP contribution >= 0.6 is 11.6 Å². The van der Waals surface area contributed by atoms with E-state index in [0.29, 0.717) is 19.7 Å². The number of carbonyl (C=O) groups is 1. The van der Waals surface area contributed by atoms with E-state index < -0.39 is 0 Å². The molecule has 0 aliphatic carbocycles. The second kappa shape index (κ2) is 9.72. The van der Waals surface area contributed by atoms with Crippen LogP contribution in [-0.2, 0) is 22.6 Å². The molecule has 2 atom stereocenters. The molecule has 2 aromatic heterocycles. The monoisotopic (exact) mass is 477 g/mol. The lowest BCUT2D eigenvalue weighted by Gasteiger charge is -2.45. The Kier molecular flexibility index (Phi) is 6.52. The summed E-state index contributed by atoms with van der Waals surface area (Å²) >= 11 is 6.15. The van der Waals surface area contributed by atoms with Crippen molar-refractivity contribution in [1.29, 1.82) is 0 Å². The Bertz CT molecular complexity index is 1320. The van der Waals surface area contributed by atoms with Crippen molar-refractivity contribution < 1.29 is 9.53 Å². The second-order valence-electron chi connectivity index (χ2n) is 8.87. The Labute approximate surface area is 203 Å². The molecule has 0 radical (unpaired) electrons. The second-order valence-corrected chi connectivity index (χ2v) is 9.30. The van der Waals surface area contributed by atoms with Gasteiger partial charge in [0.2, 0.25) is 0 Å². The van der Waals surface area contributed by atoms with E-state index in [-0.39, 0.29) is 12.1 Å². The van der Waals surface area contributed by atoms with Gasteiger partial charge in [0.15, 0.2) is 0 Å². The van der Waals surface area contributed by atoms with E-state index in [1.807, 2.05) is 24.3 Å². The molecule has 8 heteroatoms. The lowest BCUT2D eigenvalue weighted by Crippen LogP contribution is -2.61. The number of benzene rings is 2. The number of carbonyl (C=O) groups excluding carboxylic acids is 1. The van der Waals surface area contributed by atoms with Crippen molar-refractivity contribution in [1.82, 2.24) is 19.8 Å². The average molecular weight is 478 g/mol. The zero-order valence-electron chi connectivity index (χ0n) is 19.1. The lowest BCUT2D eigenvalue weighted by atomic mass is 10.0. The predicted molar refractivity (Wildman–Crippen MR) is 136 cm³/mol. The van der Waals surface area contributed by atoms with Gasteiger partial charge in [-0.1, -0.05) is 23.7 Å². The summed E-state index contributed by atoms with van der Waals surface area (Å²) in [4.78, 5) is 24.8. The molecule has 1 aliphatic rings. The van der Waals surface area contributed by atoms with Gasteiger partial charge in [-0.3, -0.25) is 14.8 Å². The molecule has 3 heterocycles. The molecule has 0 spiro atoms. The number of H-pyrrole nitrogens is 1. The van der Waals surface area contributed by atoms with Crippen LogP contribution in [0.25, 0.3) is 21.8 Å². The van der Waals surface area contributed by atoms with E-state index in [4.69, 9.17) is 22.1 Å². The number of piperazine rings is 1. The van der Waals surface area contributed by atoms with Gasteiger partial charge in [0.25, 0.3) is 0 Å². The number of nitrogen functional groups attached to an aromatic ring is 1. The quantitative estimate of drug-likeness (QED) is 0.393. The van der Waals surface area contributed by atoms with Gasteiger partial charge in [0.1, 0.15) is 6.29 Å². The van der Waals surface area contributed by atoms with Crippen molar-refractivity contribution in [3.05, 3.63) is 71.0 Å². The van der Waals surface area contributed by atoms with Gasteiger partial charge in [0, 0.05) is 72.2 Å². The number of fused-ring (bicyclic) bond motifs is 2. The molecule has 34 heavy (non-hydrogen) atoms. The number of nitrogens with zero attached hydrogens (tertiary/aromatic N) is 3. The van der Waals surface area contributed by atoms with Gasteiger partial charge >= 0.3 is 0 Å². The van der Waals surface area contributed by atoms with Gasteiger partial charge < -0.3 is 20.2 Å². The first-order chi connectivity index (χ1) is 16.6. The highest BCUT2D eigenvalue weighted by Crippen LogP contribution is 2.26. The van der Waals surface area contributed by atoms with Gasteiger partial charge in [-0.05, 0) is 42.0 Å². The number of aromatic nitrogens is 2. The summed E-state index contributed by atoms with van der Waals surface area (Å²) in [5.41, 5.74) is 10.9. The third-order valence-electron chi connectivity index (χ3n) is 6.67. The van der Waals surface area contributed by atoms with Crippen molar-refractivity contribution in [2.45, 2.75) is 25.2 Å². The molecule has 2 aromatic carbocycles. The Morgan fingerprint density at radius 3 is 2.82 bits per heavy atom. The highest BCUT2D eigenvalue weighted by molar-refractivity contribution is 6.31. The normalized spacial score (nSPS) is 19.7. The number of aldehydes is 1. The molecule has 0 saturated carbocycles. The summed E-state index contributed by atoms with van der Waals surface area (Å²) in [6.07, 6.45) is 2.78. The third-order valence-corrected chi connectivity index (χ3v) is 6.91. The first kappa shape index (κ1) is 22.8. The number of pyridine rings is 1. The van der Waals surface area contributed by atoms with E-state index in [9.17, 15) is 4.79 Å². The van der Waals surface area contributed by atoms with Crippen LogP contribution in [0.3, 0.4) is 0 Å². The molecule has 3 N–H and O–H groups in total. The smallest absolute Gasteiger partial charge is 0.138 e. The van der Waals surface area contributed by atoms with Crippen LogP contribution in [-0.4, -0.2) is 64.9 Å². The topological polar surface area (TPSA) is 87.5 Å². The number of anilines is 1. The van der Waals surface area contributed by atoms with Gasteiger partial charge in [-0.15, -0.1) is 0 Å². The Balaban J connectivity index is 1.35. The SMILES string of the molecule is COC[C@@H]1C(C=O)N(Cc2ccc3c(N)ccnc3c2)CCN1Cc1cc2cc(Cl)ccc2[nH]1. The number of hydrogen-bond acceptors (Lipinski definition) is 6. The van der Waals surface area contributed by atoms with Crippen LogP contribution in [0, 0.1) is 0 Å². The fraction of sp³-hybridized carbons (Fsp3) is 0.308. The first-order valence-electron chi connectivity index (χ1n) is 11.4. The lowest BCUT2D eigenvalue weighted by molar-refractivity contribution is -0.120. The highest BCUT2D eigenvalue weighted by atomic mass is 35.5. The molecule has 0 amide bonds. The minimum atomic E-state index is -0.281. The van der Waals surface area contributed by atoms with E-state index in [1.165, 1.54) is 0 Å². The van der Waals surface area contributed by atoms with Crippen LogP contribution < -0.4 is 5.73 Å². The predicted octanol–water partition coefficient (Wildman–Crippen LogP) is 3.85. The fourth-order valence-electron chi connectivity index (χ4n) is 4.98. The van der Waals surface area contributed by atoms with E-state index in [0.717, 1.165) is 63.1 Å². The zero-order chi connectivity index (χ0) is 23.7. The third kappa shape index (κ3) is 4.52. The van der Waals surface area contributed by atoms with Gasteiger partial charge in [0.05, 0.1) is 24.2 Å². The highest BCUT2D eigenvalue weighted by Gasteiger charge is 2.36. The number of nitrogens with one attached hydrogen (secondary N) is 1. The van der Waals surface area contributed by atoms with Crippen LogP contribution in [0.4, 0.5) is 5.69 Å². The molecule has 1 saturated heterocycles. The number of ether oxygens (including phenoxy) is 1. The van der Waals surface area contributed by atoms with E-state index >= 15 is 0 Å². The van der Waals surface area contributed by atoms with Crippen LogP contribution in [0.2, 0.25) is 5.02 Å². The minimum Gasteiger partial charge on any atom is -0.398 e. The van der Waals surface area contributed by atoms with Crippen LogP contribution in [0.1, 0.15) is 11.3 Å². The largest absolute Gasteiger partial charge is 0.398 e. The van der Waals surface area contributed by atoms with E-state index in [1.54, 1.807) is 19.4 Å². The standard InChI is InChI=1S/C26H28ClN5O2/c1-34-16-26-25(15-33)31(13-17-2-4-21-22(28)6-7-29-24(21)10-17)8-9-32(26)14-20-12-18-11-19(27)3-5-23(18)30-20/h2-7,10-12,15,25-26,30H,8-9,13-14,16H2,1H3,(H2,28,29)/t25?,26-/m1/s1. The maximum Gasteiger partial charge on any atom is 0.138 e. The Morgan fingerprint density at radius 1 is 1.15 bits per heavy atom. The number of methoxy groups -OCH3 is 1. The van der Waals surface area contributed by atoms with Crippen LogP contribution in [0.15, 0.2) is 54.7 Å². The van der Waals surface area contributed by atoms with Crippen molar-refractivity contribution in [2.24, 2.45) is 0 Å². The molecule has 5 rings (SSSR count). The van der Waals surface area contributed by atoms with Crippen molar-refractivity contribution in [3.63, 3.8) is 0 Å². The summed E-state index contributed by atoms with van der Waals surface area (Å²) in [6, 6.07) is 15.6. The Hall–Kier alpha value is -2.97. The molecule has 7 nitrogen and oxygen atoms in total. The van der Waals surface area contributed by atoms with Crippen LogP contribution in [0.5, 0.6) is 0 Å². The number of hydrogen-bond donors (Lipinski definition) is 2. The molecule has 176 valence electrons. The molecule has 1 unspecified atom stereocenters. The fourth-order valence-corrected chi connectivity index (χ4v) is 5.16. The molecular weight excluding hydrogens is 450 g/mol. The van der Waals surface area contributed by atoms with Crippen molar-refractivity contribution in [2.75, 3.05) is 32.5 Å². The molecule has 1 aliphatic heterocycles. The molecule has 4 aromatic rings. The molecule has 0 bridgehead atoms. The maximum atomic E-state index is 12.3. The maximum absolute atomic E-state index is 12.3. The number of halogens is 1. The van der Waals surface area contributed by atoms with Gasteiger partial charge in [-0.2, -0.15) is 0 Å². The zero-order valence-corrected chi connectivity index (χ0v) is 19.8. The summed E-state index contributed by atoms with van der Waals surface area (Å²) in [6.45, 7) is 3.44. The summed E-state index contributed by atoms with van der Waals surface area (Å²) in [7, 11) is 1.68. The van der Waals surface area contributed by atoms with E-state index in [2.05, 4.69) is 38.0 Å². The number of rotatable bonds is 7. The first-order valence-corrected chi connectivity index (χ1v) is 11.8. The van der Waals surface area contributed by atoms with Crippen molar-refractivity contribution >= 4 is 45.4 Å². The average Bonchev–Trinajstić information content (AvgIpc) is 3.22. The van der Waals surface area contributed by atoms with Crippen molar-refractivity contribution in [3.8, 4) is 0 Å². The Morgan fingerprint density at radius 2 is 2.00 bits per heavy atom. The number of aromatic amines is 1. The summed E-state index contributed by atoms with van der Waals surface area (Å²) in [5.74, 6) is 0. The summed E-state index contributed by atoms with van der Waals surface area (Å²) < 4.78 is 5.55. The number of nitrogens with two attached hydrogens (primary N) is 1. The van der Waals surface area contributed by atoms with Gasteiger partial charge in [-0.25, -0.2) is 0 Å². The molecule has 1 fully saturated rings. The summed E-state index contributed by atoms with van der Waals surface area (Å²) in [5, 5.41) is 2.75. The minimum absolute atomic E-state index is 0.0551. The molecular formula is C26H28ClN5O2.